The number of fused-ring (bicyclic) bond motifs is 1. The van der Waals surface area contributed by atoms with Gasteiger partial charge in [0.2, 0.25) is 0 Å². The molecule has 0 saturated heterocycles. The van der Waals surface area contributed by atoms with E-state index in [4.69, 9.17) is 10.5 Å². The van der Waals surface area contributed by atoms with Crippen molar-refractivity contribution in [2.75, 3.05) is 7.11 Å². The molecule has 0 aliphatic rings. The molecule has 108 valence electrons. The molecule has 5 heteroatoms. The Labute approximate surface area is 123 Å². The highest BCUT2D eigenvalue weighted by Crippen LogP contribution is 2.23. The maximum absolute atomic E-state index is 5.80. The molecule has 0 saturated carbocycles. The van der Waals surface area contributed by atoms with E-state index in [9.17, 15) is 0 Å². The maximum Gasteiger partial charge on any atom is 0.156 e. The molecule has 0 radical (unpaired) electrons. The zero-order valence-electron chi connectivity index (χ0n) is 12.4. The van der Waals surface area contributed by atoms with Gasteiger partial charge in [-0.25, -0.2) is 9.50 Å². The van der Waals surface area contributed by atoms with Crippen LogP contribution in [0, 0.1) is 13.8 Å². The number of aryl methyl sites for hydroxylation is 2. The van der Waals surface area contributed by atoms with Crippen molar-refractivity contribution in [1.82, 2.24) is 14.6 Å². The SMILES string of the molecule is COc1ccc(-c2cc3nc(C)c(CN)c(C)n3n2)cc1. The molecule has 0 spiro atoms. The number of hydrogen-bond donors (Lipinski definition) is 1. The van der Waals surface area contributed by atoms with Crippen LogP contribution in [-0.2, 0) is 6.54 Å². The minimum Gasteiger partial charge on any atom is -0.497 e. The fraction of sp³-hybridized carbons (Fsp3) is 0.250. The van der Waals surface area contributed by atoms with Crippen molar-refractivity contribution in [3.8, 4) is 17.0 Å². The van der Waals surface area contributed by atoms with E-state index >= 15 is 0 Å². The van der Waals surface area contributed by atoms with E-state index in [1.807, 2.05) is 48.7 Å². The minimum atomic E-state index is 0.471. The summed E-state index contributed by atoms with van der Waals surface area (Å²) < 4.78 is 7.03. The monoisotopic (exact) mass is 282 g/mol. The van der Waals surface area contributed by atoms with Gasteiger partial charge in [0.05, 0.1) is 12.8 Å². The average molecular weight is 282 g/mol. The second-order valence-corrected chi connectivity index (χ2v) is 4.99. The van der Waals surface area contributed by atoms with Gasteiger partial charge in [-0.15, -0.1) is 0 Å². The van der Waals surface area contributed by atoms with Gasteiger partial charge in [0.1, 0.15) is 5.75 Å². The Balaban J connectivity index is 2.14. The van der Waals surface area contributed by atoms with Crippen molar-refractivity contribution in [2.45, 2.75) is 20.4 Å². The number of methoxy groups -OCH3 is 1. The first-order valence-corrected chi connectivity index (χ1v) is 6.84. The van der Waals surface area contributed by atoms with Crippen molar-refractivity contribution >= 4 is 5.65 Å². The highest BCUT2D eigenvalue weighted by Gasteiger charge is 2.12. The summed E-state index contributed by atoms with van der Waals surface area (Å²) in [6, 6.07) is 9.83. The Hall–Kier alpha value is -2.40. The first-order valence-electron chi connectivity index (χ1n) is 6.84. The van der Waals surface area contributed by atoms with E-state index in [0.717, 1.165) is 39.6 Å². The number of aromatic nitrogens is 3. The second kappa shape index (κ2) is 5.18. The summed E-state index contributed by atoms with van der Waals surface area (Å²) in [5, 5.41) is 4.65. The molecule has 21 heavy (non-hydrogen) atoms. The predicted octanol–water partition coefficient (Wildman–Crippen LogP) is 2.48. The minimum absolute atomic E-state index is 0.471. The van der Waals surface area contributed by atoms with Gasteiger partial charge in [-0.1, -0.05) is 0 Å². The van der Waals surface area contributed by atoms with Crippen LogP contribution in [0.3, 0.4) is 0 Å². The molecular weight excluding hydrogens is 264 g/mol. The molecule has 0 unspecified atom stereocenters. The number of ether oxygens (including phenoxy) is 1. The van der Waals surface area contributed by atoms with Crippen molar-refractivity contribution in [2.24, 2.45) is 5.73 Å². The summed E-state index contributed by atoms with van der Waals surface area (Å²) in [6.45, 7) is 4.47. The first kappa shape index (κ1) is 13.6. The molecule has 0 aliphatic carbocycles. The van der Waals surface area contributed by atoms with Gasteiger partial charge in [0, 0.05) is 35.1 Å². The third kappa shape index (κ3) is 2.25. The molecule has 5 nitrogen and oxygen atoms in total. The lowest BCUT2D eigenvalue weighted by Gasteiger charge is -2.08. The quantitative estimate of drug-likeness (QED) is 0.801. The largest absolute Gasteiger partial charge is 0.497 e. The molecule has 1 aromatic carbocycles. The fourth-order valence-electron chi connectivity index (χ4n) is 2.52. The summed E-state index contributed by atoms with van der Waals surface area (Å²) in [6.07, 6.45) is 0. The summed E-state index contributed by atoms with van der Waals surface area (Å²) >= 11 is 0. The van der Waals surface area contributed by atoms with Crippen LogP contribution in [-0.4, -0.2) is 21.7 Å². The van der Waals surface area contributed by atoms with Gasteiger partial charge in [-0.05, 0) is 38.1 Å². The average Bonchev–Trinajstić information content (AvgIpc) is 2.92. The van der Waals surface area contributed by atoms with Gasteiger partial charge in [0.15, 0.2) is 5.65 Å². The molecule has 0 aliphatic heterocycles. The fourth-order valence-corrected chi connectivity index (χ4v) is 2.52. The van der Waals surface area contributed by atoms with Crippen molar-refractivity contribution in [1.29, 1.82) is 0 Å². The third-order valence-electron chi connectivity index (χ3n) is 3.75. The normalized spacial score (nSPS) is 11.0. The smallest absolute Gasteiger partial charge is 0.156 e. The van der Waals surface area contributed by atoms with Crippen molar-refractivity contribution in [3.05, 3.63) is 47.3 Å². The Bertz CT molecular complexity index is 790. The van der Waals surface area contributed by atoms with E-state index in [1.54, 1.807) is 7.11 Å². The van der Waals surface area contributed by atoms with Gasteiger partial charge >= 0.3 is 0 Å². The van der Waals surface area contributed by atoms with E-state index in [-0.39, 0.29) is 0 Å². The van der Waals surface area contributed by atoms with Crippen LogP contribution in [0.1, 0.15) is 17.0 Å². The van der Waals surface area contributed by atoms with Gasteiger partial charge in [-0.2, -0.15) is 5.10 Å². The Kier molecular flexibility index (Phi) is 3.35. The zero-order chi connectivity index (χ0) is 15.0. The summed E-state index contributed by atoms with van der Waals surface area (Å²) in [5.74, 6) is 0.832. The zero-order valence-corrected chi connectivity index (χ0v) is 12.4. The van der Waals surface area contributed by atoms with Gasteiger partial charge in [-0.3, -0.25) is 0 Å². The number of rotatable bonds is 3. The molecular formula is C16H18N4O. The molecule has 0 atom stereocenters. The standard InChI is InChI=1S/C16H18N4O/c1-10-14(9-17)11(2)20-16(18-10)8-15(19-20)12-4-6-13(21-3)7-5-12/h4-8H,9,17H2,1-3H3. The molecule has 2 heterocycles. The van der Waals surface area contributed by atoms with E-state index < -0.39 is 0 Å². The van der Waals surface area contributed by atoms with Crippen molar-refractivity contribution < 1.29 is 4.74 Å². The lowest BCUT2D eigenvalue weighted by Crippen LogP contribution is -2.09. The topological polar surface area (TPSA) is 65.4 Å². The van der Waals surface area contributed by atoms with Crippen LogP contribution in [0.2, 0.25) is 0 Å². The van der Waals surface area contributed by atoms with Gasteiger partial charge < -0.3 is 10.5 Å². The summed E-state index contributed by atoms with van der Waals surface area (Å²) in [7, 11) is 1.66. The van der Waals surface area contributed by atoms with Crippen LogP contribution >= 0.6 is 0 Å². The Morgan fingerprint density at radius 2 is 1.90 bits per heavy atom. The highest BCUT2D eigenvalue weighted by molar-refractivity contribution is 5.65. The summed E-state index contributed by atoms with van der Waals surface area (Å²) in [5.41, 5.74) is 11.6. The van der Waals surface area contributed by atoms with E-state index in [2.05, 4.69) is 10.1 Å². The molecule has 2 N–H and O–H groups in total. The van der Waals surface area contributed by atoms with Crippen LogP contribution in [0.4, 0.5) is 0 Å². The van der Waals surface area contributed by atoms with Crippen molar-refractivity contribution in [3.63, 3.8) is 0 Å². The Morgan fingerprint density at radius 3 is 2.52 bits per heavy atom. The number of benzene rings is 1. The van der Waals surface area contributed by atoms with Crippen LogP contribution in [0.5, 0.6) is 5.75 Å². The Morgan fingerprint density at radius 1 is 1.19 bits per heavy atom. The third-order valence-corrected chi connectivity index (χ3v) is 3.75. The van der Waals surface area contributed by atoms with Crippen LogP contribution < -0.4 is 10.5 Å². The summed E-state index contributed by atoms with van der Waals surface area (Å²) in [4.78, 5) is 4.58. The molecule has 0 bridgehead atoms. The number of hydrogen-bond acceptors (Lipinski definition) is 4. The number of nitrogens with zero attached hydrogens (tertiary/aromatic N) is 3. The molecule has 0 fully saturated rings. The van der Waals surface area contributed by atoms with Gasteiger partial charge in [0.25, 0.3) is 0 Å². The van der Waals surface area contributed by atoms with E-state index in [1.165, 1.54) is 0 Å². The first-order chi connectivity index (χ1) is 10.1. The van der Waals surface area contributed by atoms with E-state index in [0.29, 0.717) is 6.54 Å². The molecule has 0 amide bonds. The lowest BCUT2D eigenvalue weighted by atomic mass is 10.1. The second-order valence-electron chi connectivity index (χ2n) is 4.99. The lowest BCUT2D eigenvalue weighted by molar-refractivity contribution is 0.415. The van der Waals surface area contributed by atoms with Crippen LogP contribution in [0.15, 0.2) is 30.3 Å². The number of nitrogens with two attached hydrogens (primary N) is 1. The molecule has 2 aromatic heterocycles. The molecule has 3 rings (SSSR count). The highest BCUT2D eigenvalue weighted by atomic mass is 16.5. The molecule has 3 aromatic rings. The maximum atomic E-state index is 5.80. The van der Waals surface area contributed by atoms with Crippen LogP contribution in [0.25, 0.3) is 16.9 Å². The predicted molar refractivity (Wildman–Crippen MR) is 82.3 cm³/mol.